The van der Waals surface area contributed by atoms with Crippen molar-refractivity contribution in [2.75, 3.05) is 19.6 Å². The van der Waals surface area contributed by atoms with Gasteiger partial charge >= 0.3 is 0 Å². The summed E-state index contributed by atoms with van der Waals surface area (Å²) in [6.07, 6.45) is 0.922. The van der Waals surface area contributed by atoms with Crippen LogP contribution in [0.1, 0.15) is 72.0 Å². The lowest BCUT2D eigenvalue weighted by molar-refractivity contribution is 0.101. The molecule has 0 aliphatic carbocycles. The minimum Gasteiger partial charge on any atom is -0.312 e. The largest absolute Gasteiger partial charge is 0.312 e. The number of piperazine rings is 1. The number of hydrogen-bond donors (Lipinski definition) is 1. The quantitative estimate of drug-likeness (QED) is 0.206. The van der Waals surface area contributed by atoms with E-state index in [4.69, 9.17) is 23.2 Å². The van der Waals surface area contributed by atoms with Crippen LogP contribution in [-0.2, 0) is 13.0 Å². The van der Waals surface area contributed by atoms with Gasteiger partial charge in [0.25, 0.3) is 0 Å². The molecular weight excluding hydrogens is 594 g/mol. The number of ketones is 2. The molecule has 0 aromatic heterocycles. The summed E-state index contributed by atoms with van der Waals surface area (Å²) in [7, 11) is 0. The van der Waals surface area contributed by atoms with E-state index in [1.807, 2.05) is 38.1 Å². The van der Waals surface area contributed by atoms with Crippen LogP contribution in [0.25, 0.3) is 11.1 Å². The fourth-order valence-electron chi connectivity index (χ4n) is 4.95. The summed E-state index contributed by atoms with van der Waals surface area (Å²) in [6, 6.07) is 25.6. The lowest BCUT2D eigenvalue weighted by Crippen LogP contribution is -2.48. The third-order valence-corrected chi connectivity index (χ3v) is 7.99. The lowest BCUT2D eigenvalue weighted by atomic mass is 9.99. The molecule has 1 heterocycles. The second-order valence-electron chi connectivity index (χ2n) is 10.6. The Balaban J connectivity index is 0.000000232. The predicted octanol–water partition coefficient (Wildman–Crippen LogP) is 9.30. The van der Waals surface area contributed by atoms with Gasteiger partial charge in [-0.1, -0.05) is 86.4 Å². The summed E-state index contributed by atoms with van der Waals surface area (Å²) < 4.78 is 14.2. The highest BCUT2D eigenvalue weighted by atomic mass is 35.5. The van der Waals surface area contributed by atoms with Crippen LogP contribution in [0, 0.1) is 5.82 Å². The highest BCUT2D eigenvalue weighted by molar-refractivity contribution is 6.42. The van der Waals surface area contributed by atoms with Gasteiger partial charge in [-0.2, -0.15) is 0 Å². The molecule has 1 atom stereocenters. The average molecular weight is 636 g/mol. The zero-order chi connectivity index (χ0) is 32.2. The highest BCUT2D eigenvalue weighted by Gasteiger charge is 2.16. The van der Waals surface area contributed by atoms with Gasteiger partial charge in [-0.3, -0.25) is 14.5 Å². The van der Waals surface area contributed by atoms with E-state index in [-0.39, 0.29) is 17.4 Å². The number of hydrogen-bond acceptors (Lipinski definition) is 4. The molecule has 0 amide bonds. The maximum absolute atomic E-state index is 14.2. The predicted molar refractivity (Wildman–Crippen MR) is 182 cm³/mol. The van der Waals surface area contributed by atoms with Crippen molar-refractivity contribution in [1.82, 2.24) is 10.2 Å². The summed E-state index contributed by atoms with van der Waals surface area (Å²) in [6.45, 7) is 13.9. The van der Waals surface area contributed by atoms with E-state index in [0.29, 0.717) is 38.3 Å². The summed E-state index contributed by atoms with van der Waals surface area (Å²) in [5, 5.41) is 4.19. The van der Waals surface area contributed by atoms with Crippen molar-refractivity contribution in [3.63, 3.8) is 0 Å². The molecule has 0 spiro atoms. The number of carbonyl (C=O) groups excluding carboxylic acids is 2. The van der Waals surface area contributed by atoms with Gasteiger partial charge < -0.3 is 5.32 Å². The molecule has 232 valence electrons. The standard InChI is InChI=1S/C20H25FN2.C15H10Cl2O2.C2H6/c1-3-16-7-8-20(21)19(12-16)18-6-4-5-17(11-18)14-23-10-9-22-15(2)13-23;1-9(18)10-3-2-4-11(7-10)15(19)12-5-6-13(16)14(17)8-12;1-2/h4-8,11-12,15,22H,3,9-10,13-14H2,1-2H3;2-8H,1H3;1-2H3. The van der Waals surface area contributed by atoms with E-state index < -0.39 is 0 Å². The Bertz CT molecular complexity index is 1570. The van der Waals surface area contributed by atoms with Crippen LogP contribution in [0.2, 0.25) is 10.0 Å². The molecule has 4 aromatic carbocycles. The number of nitrogens with zero attached hydrogens (tertiary/aromatic N) is 1. The highest BCUT2D eigenvalue weighted by Crippen LogP contribution is 2.26. The molecule has 1 saturated heterocycles. The van der Waals surface area contributed by atoms with Gasteiger partial charge in [0.2, 0.25) is 0 Å². The molecule has 1 N–H and O–H groups in total. The Kier molecular flexibility index (Phi) is 13.7. The van der Waals surface area contributed by atoms with E-state index >= 15 is 0 Å². The minimum absolute atomic E-state index is 0.0798. The molecule has 1 aliphatic heterocycles. The molecule has 5 rings (SSSR count). The van der Waals surface area contributed by atoms with Crippen molar-refractivity contribution in [1.29, 1.82) is 0 Å². The van der Waals surface area contributed by atoms with Gasteiger partial charge in [-0.15, -0.1) is 0 Å². The molecule has 1 aliphatic rings. The van der Waals surface area contributed by atoms with Crippen molar-refractivity contribution >= 4 is 34.8 Å². The van der Waals surface area contributed by atoms with Gasteiger partial charge in [-0.05, 0) is 79.4 Å². The number of rotatable bonds is 7. The first-order valence-electron chi connectivity index (χ1n) is 15.1. The van der Waals surface area contributed by atoms with Crippen molar-refractivity contribution < 1.29 is 14.0 Å². The number of halogens is 3. The Morgan fingerprint density at radius 1 is 0.864 bits per heavy atom. The van der Waals surface area contributed by atoms with E-state index in [1.165, 1.54) is 24.1 Å². The zero-order valence-corrected chi connectivity index (χ0v) is 27.6. The Morgan fingerprint density at radius 3 is 2.25 bits per heavy atom. The topological polar surface area (TPSA) is 49.4 Å². The van der Waals surface area contributed by atoms with E-state index in [1.54, 1.807) is 42.5 Å². The van der Waals surface area contributed by atoms with Gasteiger partial charge in [0.15, 0.2) is 11.6 Å². The number of carbonyl (C=O) groups is 2. The molecule has 1 fully saturated rings. The first-order valence-corrected chi connectivity index (χ1v) is 15.8. The first kappa shape index (κ1) is 35.1. The number of benzene rings is 4. The lowest BCUT2D eigenvalue weighted by Gasteiger charge is -2.31. The Hall–Kier alpha value is -3.35. The molecule has 4 nitrogen and oxygen atoms in total. The molecule has 4 aromatic rings. The first-order chi connectivity index (χ1) is 21.1. The molecule has 0 bridgehead atoms. The van der Waals surface area contributed by atoms with Crippen molar-refractivity contribution in [2.45, 2.75) is 53.6 Å². The summed E-state index contributed by atoms with van der Waals surface area (Å²) >= 11 is 11.7. The van der Waals surface area contributed by atoms with Crippen LogP contribution in [0.4, 0.5) is 4.39 Å². The third-order valence-electron chi connectivity index (χ3n) is 7.25. The normalized spacial score (nSPS) is 14.5. The monoisotopic (exact) mass is 634 g/mol. The maximum Gasteiger partial charge on any atom is 0.193 e. The average Bonchev–Trinajstić information content (AvgIpc) is 3.04. The van der Waals surface area contributed by atoms with E-state index in [9.17, 15) is 14.0 Å². The van der Waals surface area contributed by atoms with Gasteiger partial charge in [-0.25, -0.2) is 4.39 Å². The van der Waals surface area contributed by atoms with Crippen LogP contribution in [-0.4, -0.2) is 42.1 Å². The fraction of sp³-hybridized carbons (Fsp3) is 0.297. The molecular formula is C37H41Cl2FN2O2. The van der Waals surface area contributed by atoms with Crippen molar-refractivity contribution in [3.05, 3.63) is 129 Å². The van der Waals surface area contributed by atoms with Crippen LogP contribution in [0.15, 0.2) is 84.9 Å². The third kappa shape index (κ3) is 9.83. The maximum atomic E-state index is 14.2. The van der Waals surface area contributed by atoms with Crippen molar-refractivity contribution in [2.24, 2.45) is 0 Å². The Labute approximate surface area is 271 Å². The summed E-state index contributed by atoms with van der Waals surface area (Å²) in [5.74, 6) is -0.416. The molecule has 0 radical (unpaired) electrons. The molecule has 1 unspecified atom stereocenters. The smallest absolute Gasteiger partial charge is 0.193 e. The van der Waals surface area contributed by atoms with Crippen LogP contribution in [0.5, 0.6) is 0 Å². The number of nitrogens with one attached hydrogen (secondary N) is 1. The molecule has 0 saturated carbocycles. The van der Waals surface area contributed by atoms with Gasteiger partial charge in [0.1, 0.15) is 5.82 Å². The van der Waals surface area contributed by atoms with Crippen LogP contribution < -0.4 is 5.32 Å². The van der Waals surface area contributed by atoms with E-state index in [2.05, 4.69) is 36.2 Å². The molecule has 7 heteroatoms. The Morgan fingerprint density at radius 2 is 1.57 bits per heavy atom. The number of Topliss-reactive ketones (excluding diaryl/α,β-unsaturated/α-hetero) is 1. The number of aryl methyl sites for hydroxylation is 1. The van der Waals surface area contributed by atoms with Crippen molar-refractivity contribution in [3.8, 4) is 11.1 Å². The summed E-state index contributed by atoms with van der Waals surface area (Å²) in [4.78, 5) is 26.0. The molecule has 44 heavy (non-hydrogen) atoms. The second-order valence-corrected chi connectivity index (χ2v) is 11.4. The van der Waals surface area contributed by atoms with Crippen LogP contribution >= 0.6 is 23.2 Å². The van der Waals surface area contributed by atoms with Gasteiger partial charge in [0.05, 0.1) is 10.0 Å². The zero-order valence-electron chi connectivity index (χ0n) is 26.1. The summed E-state index contributed by atoms with van der Waals surface area (Å²) in [5.41, 5.74) is 5.49. The second kappa shape index (κ2) is 17.2. The van der Waals surface area contributed by atoms with Crippen LogP contribution in [0.3, 0.4) is 0 Å². The fourth-order valence-corrected chi connectivity index (χ4v) is 5.25. The van der Waals surface area contributed by atoms with Gasteiger partial charge in [0, 0.05) is 54.5 Å². The SMILES string of the molecule is CC.CC(=O)c1cccc(C(=O)c2ccc(Cl)c(Cl)c2)c1.CCc1ccc(F)c(-c2cccc(CN3CCNC(C)C3)c2)c1. The minimum atomic E-state index is -0.193. The van der Waals surface area contributed by atoms with E-state index in [0.717, 1.165) is 38.2 Å².